The molecule has 0 aliphatic heterocycles. The lowest BCUT2D eigenvalue weighted by molar-refractivity contribution is 0.165. The molecular weight excluding hydrogens is 226 g/mol. The molecule has 0 spiro atoms. The van der Waals surface area contributed by atoms with Gasteiger partial charge in [0.05, 0.1) is 11.8 Å². The highest BCUT2D eigenvalue weighted by Gasteiger charge is 2.23. The first-order chi connectivity index (χ1) is 8.36. The van der Waals surface area contributed by atoms with Crippen molar-refractivity contribution in [3.8, 4) is 0 Å². The fraction of sp³-hybridized carbons (Fsp3) is 0.571. The van der Waals surface area contributed by atoms with Crippen LogP contribution in [0.3, 0.4) is 0 Å². The third-order valence-corrected chi connectivity index (χ3v) is 3.29. The van der Waals surface area contributed by atoms with Crippen LogP contribution in [0.1, 0.15) is 57.0 Å². The van der Waals surface area contributed by atoms with Crippen LogP contribution in [0.5, 0.6) is 0 Å². The van der Waals surface area contributed by atoms with Crippen LogP contribution in [0, 0.1) is 6.92 Å². The molecule has 1 atom stereocenters. The summed E-state index contributed by atoms with van der Waals surface area (Å²) in [5.74, 6) is 0. The molecule has 2 heterocycles. The van der Waals surface area contributed by atoms with Gasteiger partial charge in [0.15, 0.2) is 5.65 Å². The van der Waals surface area contributed by atoms with E-state index in [4.69, 9.17) is 0 Å². The van der Waals surface area contributed by atoms with E-state index >= 15 is 0 Å². The van der Waals surface area contributed by atoms with Crippen LogP contribution in [-0.2, 0) is 5.41 Å². The quantitative estimate of drug-likeness (QED) is 0.887. The van der Waals surface area contributed by atoms with Crippen LogP contribution < -0.4 is 0 Å². The maximum atomic E-state index is 10.1. The van der Waals surface area contributed by atoms with Crippen LogP contribution >= 0.6 is 0 Å². The molecule has 98 valence electrons. The fourth-order valence-electron chi connectivity index (χ4n) is 2.27. The lowest BCUT2D eigenvalue weighted by Crippen LogP contribution is -2.17. The summed E-state index contributed by atoms with van der Waals surface area (Å²) in [6, 6.07) is 2.12. The summed E-state index contributed by atoms with van der Waals surface area (Å²) in [7, 11) is 0. The molecule has 0 saturated heterocycles. The molecule has 0 aliphatic rings. The fourth-order valence-corrected chi connectivity index (χ4v) is 2.27. The Hall–Kier alpha value is -1.42. The number of aliphatic hydroxyl groups is 1. The summed E-state index contributed by atoms with van der Waals surface area (Å²) in [5.41, 5.74) is 3.92. The highest BCUT2D eigenvalue weighted by molar-refractivity contribution is 5.53. The third kappa shape index (κ3) is 2.01. The van der Waals surface area contributed by atoms with E-state index in [9.17, 15) is 5.11 Å². The summed E-state index contributed by atoms with van der Waals surface area (Å²) >= 11 is 0. The zero-order valence-electron chi connectivity index (χ0n) is 11.7. The van der Waals surface area contributed by atoms with Crippen molar-refractivity contribution < 1.29 is 5.11 Å². The number of fused-ring (bicyclic) bond motifs is 1. The summed E-state index contributed by atoms with van der Waals surface area (Å²) in [5, 5.41) is 14.4. The van der Waals surface area contributed by atoms with Crippen LogP contribution in [-0.4, -0.2) is 19.7 Å². The highest BCUT2D eigenvalue weighted by atomic mass is 16.3. The van der Waals surface area contributed by atoms with Crippen molar-refractivity contribution in [1.29, 1.82) is 0 Å². The van der Waals surface area contributed by atoms with Gasteiger partial charge in [-0.15, -0.1) is 0 Å². The summed E-state index contributed by atoms with van der Waals surface area (Å²) in [4.78, 5) is 4.34. The zero-order chi connectivity index (χ0) is 13.5. The van der Waals surface area contributed by atoms with Crippen LogP contribution in [0.2, 0.25) is 0 Å². The standard InChI is InChI=1S/C14H21N3O/c1-6-11(18)12-9(2)7-10(14(3,4)5)13-15-8-16-17(12)13/h7-8,11,18H,6H2,1-5H3/t11-/m0/s1. The van der Waals surface area contributed by atoms with Gasteiger partial charge in [0, 0.05) is 5.56 Å². The zero-order valence-corrected chi connectivity index (χ0v) is 11.7. The average Bonchev–Trinajstić information content (AvgIpc) is 2.74. The molecule has 2 aromatic rings. The summed E-state index contributed by atoms with van der Waals surface area (Å²) in [6.45, 7) is 10.5. The molecule has 0 aliphatic carbocycles. The molecule has 0 bridgehead atoms. The Morgan fingerprint density at radius 3 is 2.61 bits per heavy atom. The van der Waals surface area contributed by atoms with E-state index in [-0.39, 0.29) is 5.41 Å². The molecule has 0 aromatic carbocycles. The van der Waals surface area contributed by atoms with E-state index < -0.39 is 6.10 Å². The first kappa shape index (κ1) is 13.0. The molecule has 0 saturated carbocycles. The monoisotopic (exact) mass is 247 g/mol. The number of hydrogen-bond donors (Lipinski definition) is 1. The largest absolute Gasteiger partial charge is 0.387 e. The predicted octanol–water partition coefficient (Wildman–Crippen LogP) is 2.78. The molecule has 18 heavy (non-hydrogen) atoms. The number of aryl methyl sites for hydroxylation is 1. The first-order valence-electron chi connectivity index (χ1n) is 6.38. The molecule has 4 heteroatoms. The van der Waals surface area contributed by atoms with Gasteiger partial charge in [-0.3, -0.25) is 0 Å². The van der Waals surface area contributed by atoms with Crippen molar-refractivity contribution in [3.05, 3.63) is 29.2 Å². The van der Waals surface area contributed by atoms with E-state index in [1.807, 2.05) is 13.8 Å². The van der Waals surface area contributed by atoms with Gasteiger partial charge >= 0.3 is 0 Å². The smallest absolute Gasteiger partial charge is 0.159 e. The number of pyridine rings is 1. The van der Waals surface area contributed by atoms with Gasteiger partial charge in [0.25, 0.3) is 0 Å². The maximum Gasteiger partial charge on any atom is 0.159 e. The van der Waals surface area contributed by atoms with Crippen molar-refractivity contribution in [1.82, 2.24) is 14.6 Å². The van der Waals surface area contributed by atoms with Gasteiger partial charge in [-0.1, -0.05) is 27.7 Å². The van der Waals surface area contributed by atoms with E-state index in [0.29, 0.717) is 6.42 Å². The Balaban J connectivity index is 2.78. The lowest BCUT2D eigenvalue weighted by Gasteiger charge is -2.23. The first-order valence-corrected chi connectivity index (χ1v) is 6.38. The van der Waals surface area contributed by atoms with E-state index in [1.165, 1.54) is 0 Å². The van der Waals surface area contributed by atoms with E-state index in [2.05, 4.69) is 36.9 Å². The van der Waals surface area contributed by atoms with Gasteiger partial charge < -0.3 is 5.11 Å². The van der Waals surface area contributed by atoms with Crippen LogP contribution in [0.15, 0.2) is 12.4 Å². The molecule has 0 fully saturated rings. The Labute approximate surface area is 108 Å². The highest BCUT2D eigenvalue weighted by Crippen LogP contribution is 2.30. The molecule has 0 radical (unpaired) electrons. The van der Waals surface area contributed by atoms with Gasteiger partial charge in [0.1, 0.15) is 6.33 Å². The van der Waals surface area contributed by atoms with Gasteiger partial charge in [-0.2, -0.15) is 5.10 Å². The predicted molar refractivity (Wildman–Crippen MR) is 71.7 cm³/mol. The second-order valence-corrected chi connectivity index (χ2v) is 5.80. The molecule has 2 aromatic heterocycles. The summed E-state index contributed by atoms with van der Waals surface area (Å²) in [6.07, 6.45) is 1.73. The molecule has 4 nitrogen and oxygen atoms in total. The van der Waals surface area contributed by atoms with Crippen LogP contribution in [0.25, 0.3) is 5.65 Å². The molecule has 1 N–H and O–H groups in total. The van der Waals surface area contributed by atoms with E-state index in [0.717, 1.165) is 22.5 Å². The second-order valence-electron chi connectivity index (χ2n) is 5.80. The lowest BCUT2D eigenvalue weighted by atomic mass is 9.86. The van der Waals surface area contributed by atoms with E-state index in [1.54, 1.807) is 10.8 Å². The van der Waals surface area contributed by atoms with Crippen molar-refractivity contribution in [2.75, 3.05) is 0 Å². The normalized spacial score (nSPS) is 14.1. The topological polar surface area (TPSA) is 50.4 Å². The molecular formula is C14H21N3O. The Morgan fingerprint density at radius 2 is 2.06 bits per heavy atom. The van der Waals surface area contributed by atoms with Gasteiger partial charge in [-0.25, -0.2) is 9.50 Å². The minimum Gasteiger partial charge on any atom is -0.387 e. The number of aromatic nitrogens is 3. The minimum absolute atomic E-state index is 0.00867. The third-order valence-electron chi connectivity index (χ3n) is 3.29. The average molecular weight is 247 g/mol. The number of hydrogen-bond acceptors (Lipinski definition) is 3. The van der Waals surface area contributed by atoms with Crippen molar-refractivity contribution in [3.63, 3.8) is 0 Å². The van der Waals surface area contributed by atoms with Crippen molar-refractivity contribution >= 4 is 5.65 Å². The van der Waals surface area contributed by atoms with Crippen LogP contribution in [0.4, 0.5) is 0 Å². The Morgan fingerprint density at radius 1 is 1.39 bits per heavy atom. The van der Waals surface area contributed by atoms with Gasteiger partial charge in [-0.05, 0) is 30.4 Å². The SMILES string of the molecule is CC[C@H](O)c1c(C)cc(C(C)(C)C)c2ncnn12. The number of nitrogens with zero attached hydrogens (tertiary/aromatic N) is 3. The summed E-state index contributed by atoms with van der Waals surface area (Å²) < 4.78 is 1.78. The van der Waals surface area contributed by atoms with Crippen molar-refractivity contribution in [2.45, 2.75) is 52.6 Å². The Bertz CT molecular complexity index is 566. The Kier molecular flexibility index (Phi) is 3.15. The number of aliphatic hydroxyl groups excluding tert-OH is 1. The minimum atomic E-state index is -0.497. The second kappa shape index (κ2) is 4.35. The molecule has 0 unspecified atom stereocenters. The van der Waals surface area contributed by atoms with Gasteiger partial charge in [0.2, 0.25) is 0 Å². The van der Waals surface area contributed by atoms with Crippen molar-refractivity contribution in [2.24, 2.45) is 0 Å². The maximum absolute atomic E-state index is 10.1. The molecule has 0 amide bonds. The number of rotatable bonds is 2. The molecule has 2 rings (SSSR count).